The number of fused-ring (bicyclic) bond motifs is 1. The molecule has 1 aromatic heterocycles. The minimum absolute atomic E-state index is 0.231. The van der Waals surface area contributed by atoms with E-state index in [1.165, 1.54) is 25.6 Å². The van der Waals surface area contributed by atoms with Crippen molar-refractivity contribution in [3.05, 3.63) is 33.4 Å². The van der Waals surface area contributed by atoms with E-state index in [2.05, 4.69) is 4.98 Å². The summed E-state index contributed by atoms with van der Waals surface area (Å²) in [4.78, 5) is 31.4. The van der Waals surface area contributed by atoms with Crippen molar-refractivity contribution in [2.75, 3.05) is 32.3 Å². The lowest BCUT2D eigenvalue weighted by Crippen LogP contribution is -2.31. The van der Waals surface area contributed by atoms with Crippen molar-refractivity contribution in [1.29, 1.82) is 0 Å². The quantitative estimate of drug-likeness (QED) is 0.676. The topological polar surface area (TPSA) is 78.0 Å². The monoisotopic (exact) mass is 424 g/mol. The summed E-state index contributed by atoms with van der Waals surface area (Å²) in [5.41, 5.74) is 1.12. The second-order valence-corrected chi connectivity index (χ2v) is 7.48. The fraction of sp³-hybridized carbons (Fsp3) is 0.421. The van der Waals surface area contributed by atoms with Gasteiger partial charge < -0.3 is 14.2 Å². The molecule has 0 bridgehead atoms. The Bertz CT molecular complexity index is 899. The second-order valence-electron chi connectivity index (χ2n) is 6.10. The molecule has 0 fully saturated rings. The first-order valence-electron chi connectivity index (χ1n) is 8.90. The number of carbonyl (C=O) groups excluding carboxylic acids is 2. The molecular weight excluding hydrogens is 404 g/mol. The summed E-state index contributed by atoms with van der Waals surface area (Å²) < 4.78 is 15.6. The fourth-order valence-corrected chi connectivity index (χ4v) is 4.37. The van der Waals surface area contributed by atoms with Crippen LogP contribution >= 0.6 is 22.9 Å². The lowest BCUT2D eigenvalue weighted by molar-refractivity contribution is 0.0525. The van der Waals surface area contributed by atoms with Crippen LogP contribution < -0.4 is 14.4 Å². The number of halogens is 1. The van der Waals surface area contributed by atoms with Gasteiger partial charge in [-0.15, -0.1) is 0 Å². The predicted octanol–water partition coefficient (Wildman–Crippen LogP) is 3.97. The van der Waals surface area contributed by atoms with E-state index in [1.807, 2.05) is 0 Å². The van der Waals surface area contributed by atoms with Gasteiger partial charge >= 0.3 is 5.97 Å². The number of anilines is 1. The zero-order valence-electron chi connectivity index (χ0n) is 15.9. The van der Waals surface area contributed by atoms with E-state index in [1.54, 1.807) is 24.0 Å². The average Bonchev–Trinajstić information content (AvgIpc) is 3.01. The highest BCUT2D eigenvalue weighted by Gasteiger charge is 2.29. The predicted molar refractivity (Wildman–Crippen MR) is 107 cm³/mol. The van der Waals surface area contributed by atoms with Crippen LogP contribution in [-0.2, 0) is 11.2 Å². The van der Waals surface area contributed by atoms with Gasteiger partial charge in [-0.1, -0.05) is 22.9 Å². The molecule has 150 valence electrons. The zero-order valence-corrected chi connectivity index (χ0v) is 17.5. The molecule has 1 amide bonds. The molecule has 0 radical (unpaired) electrons. The molecule has 0 N–H and O–H groups in total. The Morgan fingerprint density at radius 3 is 2.71 bits per heavy atom. The molecule has 28 heavy (non-hydrogen) atoms. The number of ether oxygens (including phenoxy) is 3. The molecule has 1 aromatic carbocycles. The molecule has 0 saturated carbocycles. The number of benzene rings is 1. The maximum Gasteiger partial charge on any atom is 0.367 e. The Morgan fingerprint density at radius 1 is 1.25 bits per heavy atom. The smallest absolute Gasteiger partial charge is 0.367 e. The van der Waals surface area contributed by atoms with Crippen LogP contribution in [-0.4, -0.2) is 44.2 Å². The number of aromatic nitrogens is 1. The minimum Gasteiger partial charge on any atom is -0.493 e. The highest BCUT2D eigenvalue weighted by atomic mass is 35.5. The SMILES string of the molecule is CCOC(=O)c1nc2c(s1)N(C(=O)c1cc(Cl)c(OC)c(OC)c1)CCCC2. The van der Waals surface area contributed by atoms with Gasteiger partial charge in [0.1, 0.15) is 5.00 Å². The summed E-state index contributed by atoms with van der Waals surface area (Å²) in [6, 6.07) is 3.16. The van der Waals surface area contributed by atoms with E-state index in [4.69, 9.17) is 25.8 Å². The van der Waals surface area contributed by atoms with Gasteiger partial charge in [-0.3, -0.25) is 9.69 Å². The van der Waals surface area contributed by atoms with Crippen LogP contribution in [0.5, 0.6) is 11.5 Å². The van der Waals surface area contributed by atoms with Crippen molar-refractivity contribution < 1.29 is 23.8 Å². The molecule has 3 rings (SSSR count). The Hall–Kier alpha value is -2.32. The number of rotatable bonds is 5. The van der Waals surface area contributed by atoms with E-state index < -0.39 is 5.97 Å². The third-order valence-corrected chi connectivity index (χ3v) is 5.72. The van der Waals surface area contributed by atoms with Gasteiger partial charge in [0, 0.05) is 12.1 Å². The summed E-state index contributed by atoms with van der Waals surface area (Å²) >= 11 is 7.44. The van der Waals surface area contributed by atoms with E-state index in [0.29, 0.717) is 35.0 Å². The molecular formula is C19H21ClN2O5S. The molecule has 9 heteroatoms. The van der Waals surface area contributed by atoms with Crippen LogP contribution in [0.3, 0.4) is 0 Å². The molecule has 0 unspecified atom stereocenters. The summed E-state index contributed by atoms with van der Waals surface area (Å²) in [6.07, 6.45) is 2.43. The molecule has 1 aliphatic heterocycles. The lowest BCUT2D eigenvalue weighted by Gasteiger charge is -2.21. The molecule has 0 aliphatic carbocycles. The normalized spacial score (nSPS) is 13.5. The largest absolute Gasteiger partial charge is 0.493 e. The molecule has 2 aromatic rings. The number of aryl methyl sites for hydroxylation is 1. The van der Waals surface area contributed by atoms with Crippen LogP contribution in [0.4, 0.5) is 5.00 Å². The summed E-state index contributed by atoms with van der Waals surface area (Å²) in [5.74, 6) is 0.0526. The van der Waals surface area contributed by atoms with Gasteiger partial charge in [0.05, 0.1) is 31.5 Å². The highest BCUT2D eigenvalue weighted by Crippen LogP contribution is 2.38. The van der Waals surface area contributed by atoms with Gasteiger partial charge in [-0.05, 0) is 38.3 Å². The number of nitrogens with zero attached hydrogens (tertiary/aromatic N) is 2. The molecule has 2 heterocycles. The lowest BCUT2D eigenvalue weighted by atomic mass is 10.1. The highest BCUT2D eigenvalue weighted by molar-refractivity contribution is 7.17. The van der Waals surface area contributed by atoms with Crippen LogP contribution in [0, 0.1) is 0 Å². The molecule has 0 atom stereocenters. The molecule has 0 saturated heterocycles. The number of methoxy groups -OCH3 is 2. The zero-order chi connectivity index (χ0) is 20.3. The molecule has 1 aliphatic rings. The van der Waals surface area contributed by atoms with E-state index in [0.717, 1.165) is 18.5 Å². The number of thiazole rings is 1. The third kappa shape index (κ3) is 3.93. The number of amides is 1. The molecule has 7 nitrogen and oxygen atoms in total. The average molecular weight is 425 g/mol. The molecule has 0 spiro atoms. The van der Waals surface area contributed by atoms with Crippen molar-refractivity contribution in [3.63, 3.8) is 0 Å². The first kappa shape index (κ1) is 20.4. The van der Waals surface area contributed by atoms with E-state index >= 15 is 0 Å². The van der Waals surface area contributed by atoms with Crippen molar-refractivity contribution >= 4 is 39.8 Å². The van der Waals surface area contributed by atoms with Crippen LogP contribution in [0.2, 0.25) is 5.02 Å². The first-order chi connectivity index (χ1) is 13.5. The number of hydrogen-bond donors (Lipinski definition) is 0. The maximum absolute atomic E-state index is 13.3. The van der Waals surface area contributed by atoms with Crippen molar-refractivity contribution in [2.45, 2.75) is 26.2 Å². The Morgan fingerprint density at radius 2 is 2.04 bits per heavy atom. The fourth-order valence-electron chi connectivity index (χ4n) is 3.05. The summed E-state index contributed by atoms with van der Waals surface area (Å²) in [5, 5.41) is 1.23. The first-order valence-corrected chi connectivity index (χ1v) is 10.1. The van der Waals surface area contributed by atoms with Gasteiger partial charge in [0.2, 0.25) is 5.01 Å². The van der Waals surface area contributed by atoms with E-state index in [9.17, 15) is 9.59 Å². The van der Waals surface area contributed by atoms with Gasteiger partial charge in [0.15, 0.2) is 11.5 Å². The maximum atomic E-state index is 13.3. The van der Waals surface area contributed by atoms with Crippen molar-refractivity contribution in [2.24, 2.45) is 0 Å². The van der Waals surface area contributed by atoms with Gasteiger partial charge in [-0.25, -0.2) is 9.78 Å². The van der Waals surface area contributed by atoms with Crippen LogP contribution in [0.25, 0.3) is 0 Å². The van der Waals surface area contributed by atoms with E-state index in [-0.39, 0.29) is 22.5 Å². The Balaban J connectivity index is 1.99. The number of esters is 1. The van der Waals surface area contributed by atoms with Gasteiger partial charge in [0.25, 0.3) is 5.91 Å². The standard InChI is InChI=1S/C19H21ClN2O5S/c1-4-27-19(24)16-21-13-7-5-6-8-22(18(13)28-16)17(23)11-9-12(20)15(26-3)14(10-11)25-2/h9-10H,4-8H2,1-3H3. The van der Waals surface area contributed by atoms with Crippen molar-refractivity contribution in [3.8, 4) is 11.5 Å². The van der Waals surface area contributed by atoms with Crippen LogP contribution in [0.1, 0.15) is 45.6 Å². The number of hydrogen-bond acceptors (Lipinski definition) is 7. The summed E-state index contributed by atoms with van der Waals surface area (Å²) in [7, 11) is 2.97. The Labute approximate surface area is 172 Å². The number of carbonyl (C=O) groups is 2. The minimum atomic E-state index is -0.470. The second kappa shape index (κ2) is 8.79. The Kier molecular flexibility index (Phi) is 6.41. The van der Waals surface area contributed by atoms with Crippen LogP contribution in [0.15, 0.2) is 12.1 Å². The summed E-state index contributed by atoms with van der Waals surface area (Å²) in [6.45, 7) is 2.55. The van der Waals surface area contributed by atoms with Crippen molar-refractivity contribution in [1.82, 2.24) is 4.98 Å². The van der Waals surface area contributed by atoms with Gasteiger partial charge in [-0.2, -0.15) is 0 Å². The third-order valence-electron chi connectivity index (χ3n) is 4.34.